The van der Waals surface area contributed by atoms with Gasteiger partial charge in [0.25, 0.3) is 11.2 Å². The Labute approximate surface area is 185 Å². The van der Waals surface area contributed by atoms with Gasteiger partial charge >= 0.3 is 0 Å². The van der Waals surface area contributed by atoms with Gasteiger partial charge in [-0.25, -0.2) is 4.98 Å². The highest BCUT2D eigenvalue weighted by atomic mass is 35.5. The SMILES string of the molecule is CCCn1c(SCC(=O)Nc2ccc(Cl)cc2[N+](=O)[O-])nc2cc(Cl)ccc2c1=O. The lowest BCUT2D eigenvalue weighted by Gasteiger charge is -2.12. The van der Waals surface area contributed by atoms with Crippen LogP contribution in [0.1, 0.15) is 13.3 Å². The molecule has 0 unspecified atom stereocenters. The van der Waals surface area contributed by atoms with E-state index in [9.17, 15) is 19.7 Å². The first-order chi connectivity index (χ1) is 14.3. The fourth-order valence-corrected chi connectivity index (χ4v) is 3.94. The molecular formula is C19H16Cl2N4O4S. The number of carbonyl (C=O) groups excluding carboxylic acids is 1. The third-order valence-corrected chi connectivity index (χ3v) is 5.54. The standard InChI is InChI=1S/C19H16Cl2N4O4S/c1-2-7-24-18(27)13-5-3-11(20)8-15(13)23-19(24)30-10-17(26)22-14-6-4-12(21)9-16(14)25(28)29/h3-6,8-9H,2,7,10H2,1H3,(H,22,26). The maximum atomic E-state index is 12.8. The monoisotopic (exact) mass is 466 g/mol. The molecule has 0 fully saturated rings. The highest BCUT2D eigenvalue weighted by Gasteiger charge is 2.18. The largest absolute Gasteiger partial charge is 0.320 e. The summed E-state index contributed by atoms with van der Waals surface area (Å²) in [6.45, 7) is 2.37. The third kappa shape index (κ3) is 4.92. The quantitative estimate of drug-likeness (QED) is 0.233. The minimum atomic E-state index is -0.623. The number of anilines is 1. The van der Waals surface area contributed by atoms with Gasteiger partial charge in [-0.2, -0.15) is 0 Å². The maximum Gasteiger partial charge on any atom is 0.294 e. The summed E-state index contributed by atoms with van der Waals surface area (Å²) in [6, 6.07) is 8.83. The minimum Gasteiger partial charge on any atom is -0.320 e. The van der Waals surface area contributed by atoms with Crippen LogP contribution >= 0.6 is 35.0 Å². The van der Waals surface area contributed by atoms with Crippen molar-refractivity contribution < 1.29 is 9.72 Å². The van der Waals surface area contributed by atoms with Crippen molar-refractivity contribution in [1.29, 1.82) is 0 Å². The molecule has 0 atom stereocenters. The van der Waals surface area contributed by atoms with E-state index in [1.165, 1.54) is 16.7 Å². The van der Waals surface area contributed by atoms with E-state index < -0.39 is 10.8 Å². The second kappa shape index (κ2) is 9.46. The zero-order chi connectivity index (χ0) is 21.8. The fourth-order valence-electron chi connectivity index (χ4n) is 2.78. The molecule has 11 heteroatoms. The van der Waals surface area contributed by atoms with Crippen molar-refractivity contribution in [2.75, 3.05) is 11.1 Å². The van der Waals surface area contributed by atoms with Crippen LogP contribution in [0.15, 0.2) is 46.3 Å². The number of benzene rings is 2. The fraction of sp³-hybridized carbons (Fsp3) is 0.211. The van der Waals surface area contributed by atoms with Crippen LogP contribution in [0.2, 0.25) is 10.0 Å². The number of nitro benzene ring substituents is 1. The number of hydrogen-bond acceptors (Lipinski definition) is 6. The molecule has 3 rings (SSSR count). The molecule has 1 heterocycles. The molecule has 0 radical (unpaired) electrons. The van der Waals surface area contributed by atoms with Gasteiger partial charge in [0.2, 0.25) is 5.91 Å². The molecule has 0 saturated carbocycles. The van der Waals surface area contributed by atoms with E-state index in [1.807, 2.05) is 6.92 Å². The molecule has 3 aromatic rings. The van der Waals surface area contributed by atoms with Gasteiger partial charge in [-0.3, -0.25) is 24.3 Å². The molecule has 1 amide bonds. The first-order valence-electron chi connectivity index (χ1n) is 8.87. The normalized spacial score (nSPS) is 10.9. The average molecular weight is 467 g/mol. The summed E-state index contributed by atoms with van der Waals surface area (Å²) in [5.41, 5.74) is -0.0349. The van der Waals surface area contributed by atoms with Gasteiger partial charge in [0.1, 0.15) is 5.69 Å². The number of thioether (sulfide) groups is 1. The lowest BCUT2D eigenvalue weighted by molar-refractivity contribution is -0.383. The number of hydrogen-bond donors (Lipinski definition) is 1. The zero-order valence-electron chi connectivity index (χ0n) is 15.7. The van der Waals surface area contributed by atoms with Crippen molar-refractivity contribution in [1.82, 2.24) is 9.55 Å². The van der Waals surface area contributed by atoms with Gasteiger partial charge < -0.3 is 5.32 Å². The van der Waals surface area contributed by atoms with Crippen LogP contribution in [0.5, 0.6) is 0 Å². The highest BCUT2D eigenvalue weighted by Crippen LogP contribution is 2.28. The number of fused-ring (bicyclic) bond motifs is 1. The van der Waals surface area contributed by atoms with Gasteiger partial charge in [-0.05, 0) is 36.8 Å². The first-order valence-corrected chi connectivity index (χ1v) is 10.6. The van der Waals surface area contributed by atoms with Crippen LogP contribution in [0, 0.1) is 10.1 Å². The van der Waals surface area contributed by atoms with Crippen molar-refractivity contribution in [3.05, 3.63) is 66.9 Å². The topological polar surface area (TPSA) is 107 Å². The van der Waals surface area contributed by atoms with Gasteiger partial charge in [-0.1, -0.05) is 41.9 Å². The second-order valence-corrected chi connectivity index (χ2v) is 8.08. The number of amides is 1. The van der Waals surface area contributed by atoms with Crippen LogP contribution in [-0.4, -0.2) is 26.1 Å². The predicted molar refractivity (Wildman–Crippen MR) is 119 cm³/mol. The van der Waals surface area contributed by atoms with Crippen molar-refractivity contribution in [2.45, 2.75) is 25.0 Å². The van der Waals surface area contributed by atoms with Crippen LogP contribution in [0.25, 0.3) is 10.9 Å². The molecule has 30 heavy (non-hydrogen) atoms. The molecule has 0 spiro atoms. The Morgan fingerprint density at radius 1 is 1.23 bits per heavy atom. The molecule has 1 aromatic heterocycles. The molecule has 0 aliphatic heterocycles. The van der Waals surface area contributed by atoms with Crippen LogP contribution in [0.3, 0.4) is 0 Å². The summed E-state index contributed by atoms with van der Waals surface area (Å²) in [7, 11) is 0. The summed E-state index contributed by atoms with van der Waals surface area (Å²) >= 11 is 12.9. The molecule has 0 aliphatic rings. The number of nitrogens with one attached hydrogen (secondary N) is 1. The van der Waals surface area contributed by atoms with Crippen molar-refractivity contribution in [2.24, 2.45) is 0 Å². The highest BCUT2D eigenvalue weighted by molar-refractivity contribution is 7.99. The number of aromatic nitrogens is 2. The molecule has 0 aliphatic carbocycles. The summed E-state index contributed by atoms with van der Waals surface area (Å²) in [5, 5.41) is 15.1. The third-order valence-electron chi connectivity index (χ3n) is 4.09. The number of nitrogens with zero attached hydrogens (tertiary/aromatic N) is 3. The molecular weight excluding hydrogens is 451 g/mol. The number of nitro groups is 1. The number of carbonyl (C=O) groups is 1. The minimum absolute atomic E-state index is 0.0409. The van der Waals surface area contributed by atoms with Gasteiger partial charge in [0.15, 0.2) is 5.16 Å². The Morgan fingerprint density at radius 2 is 1.93 bits per heavy atom. The summed E-state index contributed by atoms with van der Waals surface area (Å²) in [5.74, 6) is -0.573. The molecule has 156 valence electrons. The Bertz CT molecular complexity index is 1200. The molecule has 0 bridgehead atoms. The molecule has 2 aromatic carbocycles. The van der Waals surface area contributed by atoms with Crippen LogP contribution in [0.4, 0.5) is 11.4 Å². The maximum absolute atomic E-state index is 12.8. The summed E-state index contributed by atoms with van der Waals surface area (Å²) in [4.78, 5) is 40.2. The van der Waals surface area contributed by atoms with E-state index in [-0.39, 0.29) is 27.7 Å². The van der Waals surface area contributed by atoms with E-state index in [2.05, 4.69) is 10.3 Å². The van der Waals surface area contributed by atoms with Crippen molar-refractivity contribution in [3.63, 3.8) is 0 Å². The second-order valence-electron chi connectivity index (χ2n) is 6.27. The van der Waals surface area contributed by atoms with Crippen molar-refractivity contribution in [3.8, 4) is 0 Å². The lowest BCUT2D eigenvalue weighted by atomic mass is 10.2. The van der Waals surface area contributed by atoms with E-state index in [1.54, 1.807) is 18.2 Å². The predicted octanol–water partition coefficient (Wildman–Crippen LogP) is 4.75. The Kier molecular flexibility index (Phi) is 6.96. The Balaban J connectivity index is 1.84. The first kappa shape index (κ1) is 22.1. The number of halogens is 2. The number of rotatable bonds is 7. The molecule has 0 saturated heterocycles. The van der Waals surface area contributed by atoms with Crippen LogP contribution < -0.4 is 10.9 Å². The zero-order valence-corrected chi connectivity index (χ0v) is 18.1. The van der Waals surface area contributed by atoms with Gasteiger partial charge in [0.05, 0.1) is 21.6 Å². The van der Waals surface area contributed by atoms with E-state index in [4.69, 9.17) is 23.2 Å². The van der Waals surface area contributed by atoms with E-state index in [0.717, 1.165) is 17.8 Å². The average Bonchev–Trinajstić information content (AvgIpc) is 2.70. The van der Waals surface area contributed by atoms with Gasteiger partial charge in [0, 0.05) is 22.7 Å². The molecule has 8 nitrogen and oxygen atoms in total. The van der Waals surface area contributed by atoms with Gasteiger partial charge in [-0.15, -0.1) is 0 Å². The Morgan fingerprint density at radius 3 is 2.63 bits per heavy atom. The summed E-state index contributed by atoms with van der Waals surface area (Å²) in [6.07, 6.45) is 0.706. The summed E-state index contributed by atoms with van der Waals surface area (Å²) < 4.78 is 1.51. The Hall–Kier alpha value is -2.62. The van der Waals surface area contributed by atoms with E-state index in [0.29, 0.717) is 34.0 Å². The van der Waals surface area contributed by atoms with Crippen LogP contribution in [-0.2, 0) is 11.3 Å². The van der Waals surface area contributed by atoms with E-state index >= 15 is 0 Å². The smallest absolute Gasteiger partial charge is 0.294 e. The molecule has 1 N–H and O–H groups in total. The lowest BCUT2D eigenvalue weighted by Crippen LogP contribution is -2.24. The van der Waals surface area contributed by atoms with Crippen molar-refractivity contribution >= 4 is 63.1 Å².